The van der Waals surface area contributed by atoms with Crippen molar-refractivity contribution in [1.29, 1.82) is 0 Å². The van der Waals surface area contributed by atoms with E-state index in [4.69, 9.17) is 9.47 Å². The number of hydrogen-bond acceptors (Lipinski definition) is 3. The van der Waals surface area contributed by atoms with Crippen molar-refractivity contribution in [1.82, 2.24) is 5.32 Å². The zero-order valence-electron chi connectivity index (χ0n) is 12.3. The summed E-state index contributed by atoms with van der Waals surface area (Å²) in [5.41, 5.74) is -0.609. The number of hydrogen-bond donors (Lipinski definition) is 1. The molecule has 1 N–H and O–H groups in total. The molecule has 0 radical (unpaired) electrons. The smallest absolute Gasteiger partial charge is 0.348 e. The molecule has 2 fully saturated rings. The summed E-state index contributed by atoms with van der Waals surface area (Å²) >= 11 is 0. The van der Waals surface area contributed by atoms with Gasteiger partial charge in [-0.25, -0.2) is 0 Å². The summed E-state index contributed by atoms with van der Waals surface area (Å²) in [5, 5.41) is 2.90. The molecule has 4 nitrogen and oxygen atoms in total. The Bertz CT molecular complexity index is 655. The monoisotopic (exact) mass is 327 g/mol. The molecule has 0 aromatic heterocycles. The topological polar surface area (TPSA) is 47.6 Å². The number of carbonyl (C=O) groups is 1. The average molecular weight is 327 g/mol. The highest BCUT2D eigenvalue weighted by molar-refractivity contribution is 6.00. The summed E-state index contributed by atoms with van der Waals surface area (Å²) in [4.78, 5) is 12.2. The standard InChI is InChI=1S/C16H16F3NO3/c17-16(18,19)10-1-2-12-11(9-10)13(21)20-14(12)3-5-15(6-4-14)22-7-8-23-15/h1-2,9H,3-8H2,(H,20,21). The van der Waals surface area contributed by atoms with Crippen LogP contribution in [0.15, 0.2) is 18.2 Å². The number of fused-ring (bicyclic) bond motifs is 2. The van der Waals surface area contributed by atoms with E-state index in [1.807, 2.05) is 0 Å². The predicted molar refractivity (Wildman–Crippen MR) is 73.7 cm³/mol. The molecule has 1 saturated heterocycles. The van der Waals surface area contributed by atoms with Gasteiger partial charge in [0.1, 0.15) is 0 Å². The minimum atomic E-state index is -4.45. The van der Waals surface area contributed by atoms with E-state index in [1.54, 1.807) is 0 Å². The van der Waals surface area contributed by atoms with Crippen LogP contribution < -0.4 is 5.32 Å². The van der Waals surface area contributed by atoms with Gasteiger partial charge in [0.25, 0.3) is 5.91 Å². The van der Waals surface area contributed by atoms with Gasteiger partial charge >= 0.3 is 6.18 Å². The first-order valence-corrected chi connectivity index (χ1v) is 7.66. The van der Waals surface area contributed by atoms with Gasteiger partial charge in [0.2, 0.25) is 0 Å². The second kappa shape index (κ2) is 4.70. The Morgan fingerprint density at radius 1 is 1.04 bits per heavy atom. The van der Waals surface area contributed by atoms with Gasteiger partial charge in [-0.1, -0.05) is 6.07 Å². The highest BCUT2D eigenvalue weighted by Gasteiger charge is 2.51. The molecule has 0 unspecified atom stereocenters. The highest BCUT2D eigenvalue weighted by atomic mass is 19.4. The Hall–Kier alpha value is -1.60. The fourth-order valence-corrected chi connectivity index (χ4v) is 3.92. The van der Waals surface area contributed by atoms with Gasteiger partial charge < -0.3 is 14.8 Å². The summed E-state index contributed by atoms with van der Waals surface area (Å²) in [7, 11) is 0. The first-order valence-electron chi connectivity index (χ1n) is 7.66. The third-order valence-corrected chi connectivity index (χ3v) is 5.14. The fraction of sp³-hybridized carbons (Fsp3) is 0.562. The molecule has 2 spiro atoms. The maximum Gasteiger partial charge on any atom is 0.416 e. The lowest BCUT2D eigenvalue weighted by molar-refractivity contribution is -0.186. The van der Waals surface area contributed by atoms with Crippen LogP contribution in [0.5, 0.6) is 0 Å². The van der Waals surface area contributed by atoms with Crippen LogP contribution in [-0.4, -0.2) is 24.9 Å². The van der Waals surface area contributed by atoms with Crippen LogP contribution in [0.3, 0.4) is 0 Å². The van der Waals surface area contributed by atoms with E-state index >= 15 is 0 Å². The lowest BCUT2D eigenvalue weighted by atomic mass is 9.75. The normalized spacial score (nSPS) is 24.9. The summed E-state index contributed by atoms with van der Waals surface area (Å²) in [6, 6.07) is 3.44. The average Bonchev–Trinajstić information content (AvgIpc) is 3.06. The number of alkyl halides is 3. The Kier molecular flexibility index (Phi) is 3.06. The summed E-state index contributed by atoms with van der Waals surface area (Å²) in [6.45, 7) is 1.12. The minimum absolute atomic E-state index is 0.129. The van der Waals surface area contributed by atoms with Crippen molar-refractivity contribution in [2.75, 3.05) is 13.2 Å². The van der Waals surface area contributed by atoms with E-state index in [-0.39, 0.29) is 5.56 Å². The Morgan fingerprint density at radius 2 is 1.70 bits per heavy atom. The van der Waals surface area contributed by atoms with Crippen LogP contribution in [0.4, 0.5) is 13.2 Å². The summed E-state index contributed by atoms with van der Waals surface area (Å²) in [6.07, 6.45) is -2.02. The molecule has 7 heteroatoms. The molecule has 0 atom stereocenters. The minimum Gasteiger partial charge on any atom is -0.348 e. The fourth-order valence-electron chi connectivity index (χ4n) is 3.92. The molecule has 23 heavy (non-hydrogen) atoms. The second-order valence-electron chi connectivity index (χ2n) is 6.40. The van der Waals surface area contributed by atoms with E-state index in [1.165, 1.54) is 6.07 Å². The van der Waals surface area contributed by atoms with Gasteiger partial charge in [-0.15, -0.1) is 0 Å². The molecule has 2 aliphatic heterocycles. The molecule has 3 aliphatic rings. The van der Waals surface area contributed by atoms with Crippen molar-refractivity contribution in [3.05, 3.63) is 34.9 Å². The number of halogens is 3. The van der Waals surface area contributed by atoms with Crippen LogP contribution in [0.1, 0.15) is 47.2 Å². The van der Waals surface area contributed by atoms with Crippen molar-refractivity contribution < 1.29 is 27.4 Å². The molecule has 4 rings (SSSR count). The van der Waals surface area contributed by atoms with E-state index in [2.05, 4.69) is 5.32 Å². The van der Waals surface area contributed by atoms with Crippen molar-refractivity contribution in [3.8, 4) is 0 Å². The van der Waals surface area contributed by atoms with Gasteiger partial charge in [-0.3, -0.25) is 4.79 Å². The lowest BCUT2D eigenvalue weighted by Crippen LogP contribution is -2.48. The molecule has 0 bridgehead atoms. The number of rotatable bonds is 0. The van der Waals surface area contributed by atoms with E-state index in [0.29, 0.717) is 44.5 Å². The summed E-state index contributed by atoms with van der Waals surface area (Å²) in [5.74, 6) is -1.01. The largest absolute Gasteiger partial charge is 0.416 e. The van der Waals surface area contributed by atoms with Crippen molar-refractivity contribution >= 4 is 5.91 Å². The quantitative estimate of drug-likeness (QED) is 0.797. The SMILES string of the molecule is O=C1NC2(CCC3(CC2)OCCO3)c2ccc(C(F)(F)F)cc21. The highest BCUT2D eigenvalue weighted by Crippen LogP contribution is 2.48. The molecule has 2 heterocycles. The first kappa shape index (κ1) is 15.0. The molecule has 124 valence electrons. The van der Waals surface area contributed by atoms with E-state index < -0.39 is 29.0 Å². The predicted octanol–water partition coefficient (Wildman–Crippen LogP) is 2.96. The second-order valence-corrected chi connectivity index (χ2v) is 6.40. The van der Waals surface area contributed by atoms with E-state index in [0.717, 1.165) is 12.1 Å². The van der Waals surface area contributed by atoms with Gasteiger partial charge in [-0.2, -0.15) is 13.2 Å². The van der Waals surface area contributed by atoms with Gasteiger partial charge in [-0.05, 0) is 30.5 Å². The van der Waals surface area contributed by atoms with Crippen LogP contribution in [0.2, 0.25) is 0 Å². The molecule has 1 amide bonds. The zero-order valence-corrected chi connectivity index (χ0v) is 12.3. The summed E-state index contributed by atoms with van der Waals surface area (Å²) < 4.78 is 49.9. The van der Waals surface area contributed by atoms with Crippen LogP contribution >= 0.6 is 0 Å². The lowest BCUT2D eigenvalue weighted by Gasteiger charge is -2.42. The van der Waals surface area contributed by atoms with Crippen molar-refractivity contribution in [2.24, 2.45) is 0 Å². The maximum atomic E-state index is 12.9. The van der Waals surface area contributed by atoms with Crippen LogP contribution in [-0.2, 0) is 21.2 Å². The Morgan fingerprint density at radius 3 is 2.30 bits per heavy atom. The molecule has 1 saturated carbocycles. The molecule has 1 aromatic rings. The molecule has 1 aromatic carbocycles. The first-order chi connectivity index (χ1) is 10.8. The third kappa shape index (κ3) is 2.25. The number of ether oxygens (including phenoxy) is 2. The molecule has 1 aliphatic carbocycles. The van der Waals surface area contributed by atoms with Gasteiger partial charge in [0, 0.05) is 18.4 Å². The number of benzene rings is 1. The number of nitrogens with one attached hydrogen (secondary N) is 1. The van der Waals surface area contributed by atoms with Gasteiger partial charge in [0.05, 0.1) is 24.3 Å². The Balaban J connectivity index is 1.66. The number of amides is 1. The van der Waals surface area contributed by atoms with Crippen LogP contribution in [0.25, 0.3) is 0 Å². The molecular weight excluding hydrogens is 311 g/mol. The van der Waals surface area contributed by atoms with Crippen molar-refractivity contribution in [3.63, 3.8) is 0 Å². The Labute approximate surface area is 130 Å². The van der Waals surface area contributed by atoms with E-state index in [9.17, 15) is 18.0 Å². The maximum absolute atomic E-state index is 12.9. The molecular formula is C16H16F3NO3. The zero-order chi connectivity index (χ0) is 16.3. The number of carbonyl (C=O) groups excluding carboxylic acids is 1. The van der Waals surface area contributed by atoms with Crippen molar-refractivity contribution in [2.45, 2.75) is 43.2 Å². The van der Waals surface area contributed by atoms with Gasteiger partial charge in [0.15, 0.2) is 5.79 Å². The van der Waals surface area contributed by atoms with Crippen LogP contribution in [0, 0.1) is 0 Å². The third-order valence-electron chi connectivity index (χ3n) is 5.14.